The highest BCUT2D eigenvalue weighted by Gasteiger charge is 2.25. The average Bonchev–Trinajstić information content (AvgIpc) is 2.80. The quantitative estimate of drug-likeness (QED) is 0.589. The van der Waals surface area contributed by atoms with Crippen molar-refractivity contribution in [2.75, 3.05) is 31.3 Å². The molecular formula is C20H21NO5. The molecule has 0 fully saturated rings. The molecule has 0 saturated carbocycles. The fraction of sp³-hybridized carbons (Fsp3) is 0.300. The molecule has 0 radical (unpaired) electrons. The van der Waals surface area contributed by atoms with Crippen LogP contribution in [0.15, 0.2) is 48.5 Å². The van der Waals surface area contributed by atoms with Gasteiger partial charge in [-0.3, -0.25) is 14.5 Å². The lowest BCUT2D eigenvalue weighted by Crippen LogP contribution is -2.36. The summed E-state index contributed by atoms with van der Waals surface area (Å²) >= 11 is 0. The maximum atomic E-state index is 12.3. The molecule has 0 aromatic heterocycles. The number of para-hydroxylation sites is 2. The van der Waals surface area contributed by atoms with Gasteiger partial charge in [-0.2, -0.15) is 0 Å². The van der Waals surface area contributed by atoms with Crippen molar-refractivity contribution in [2.45, 2.75) is 13.3 Å². The highest BCUT2D eigenvalue weighted by molar-refractivity contribution is 5.99. The Morgan fingerprint density at radius 3 is 2.69 bits per heavy atom. The molecule has 2 aromatic rings. The van der Waals surface area contributed by atoms with Gasteiger partial charge in [-0.25, -0.2) is 0 Å². The third-order valence-electron chi connectivity index (χ3n) is 3.95. The van der Waals surface area contributed by atoms with Crippen LogP contribution < -0.4 is 14.4 Å². The second-order valence-corrected chi connectivity index (χ2v) is 5.93. The van der Waals surface area contributed by atoms with E-state index in [0.29, 0.717) is 18.0 Å². The van der Waals surface area contributed by atoms with E-state index in [-0.39, 0.29) is 32.1 Å². The number of esters is 1. The molecule has 26 heavy (non-hydrogen) atoms. The van der Waals surface area contributed by atoms with E-state index in [1.165, 1.54) is 4.90 Å². The van der Waals surface area contributed by atoms with Crippen LogP contribution in [0.3, 0.4) is 0 Å². The molecule has 136 valence electrons. The number of rotatable bonds is 6. The van der Waals surface area contributed by atoms with Crippen molar-refractivity contribution < 1.29 is 23.8 Å². The number of carbonyl (C=O) groups is 2. The molecule has 3 rings (SSSR count). The minimum Gasteiger partial charge on any atom is -0.491 e. The molecule has 2 aromatic carbocycles. The normalized spacial score (nSPS) is 13.4. The van der Waals surface area contributed by atoms with E-state index in [1.807, 2.05) is 37.3 Å². The van der Waals surface area contributed by atoms with Crippen LogP contribution in [0, 0.1) is 6.92 Å². The van der Waals surface area contributed by atoms with Gasteiger partial charge in [-0.05, 0) is 31.2 Å². The van der Waals surface area contributed by atoms with Crippen LogP contribution >= 0.6 is 0 Å². The number of anilines is 1. The Kier molecular flexibility index (Phi) is 5.73. The zero-order valence-corrected chi connectivity index (χ0v) is 14.6. The van der Waals surface area contributed by atoms with Crippen LogP contribution in [0.1, 0.15) is 12.0 Å². The number of hydrogen-bond acceptors (Lipinski definition) is 5. The van der Waals surface area contributed by atoms with E-state index in [0.717, 1.165) is 11.3 Å². The summed E-state index contributed by atoms with van der Waals surface area (Å²) in [6.07, 6.45) is 0.221. The Balaban J connectivity index is 1.51. The van der Waals surface area contributed by atoms with Crippen molar-refractivity contribution in [3.8, 4) is 11.5 Å². The first-order valence-electron chi connectivity index (χ1n) is 8.51. The highest BCUT2D eigenvalue weighted by atomic mass is 16.6. The Bertz CT molecular complexity index is 772. The van der Waals surface area contributed by atoms with Gasteiger partial charge >= 0.3 is 5.97 Å². The van der Waals surface area contributed by atoms with Gasteiger partial charge in [-0.15, -0.1) is 0 Å². The summed E-state index contributed by atoms with van der Waals surface area (Å²) in [7, 11) is 0. The number of ether oxygens (including phenoxy) is 3. The monoisotopic (exact) mass is 355 g/mol. The van der Waals surface area contributed by atoms with Gasteiger partial charge in [0.1, 0.15) is 31.3 Å². The third kappa shape index (κ3) is 4.53. The Morgan fingerprint density at radius 2 is 1.88 bits per heavy atom. The van der Waals surface area contributed by atoms with E-state index in [2.05, 4.69) is 0 Å². The smallest absolute Gasteiger partial charge is 0.326 e. The molecule has 0 saturated heterocycles. The standard InChI is InChI=1S/C20H21NO5/c1-15-6-8-16(9-7-15)24-12-13-26-20(23)14-21-17-4-2-3-5-18(17)25-11-10-19(21)22/h2-9H,10-14H2,1H3. The predicted molar refractivity (Wildman–Crippen MR) is 96.5 cm³/mol. The minimum absolute atomic E-state index is 0.118. The maximum Gasteiger partial charge on any atom is 0.326 e. The molecule has 1 aliphatic rings. The fourth-order valence-electron chi connectivity index (χ4n) is 2.62. The minimum atomic E-state index is -0.484. The van der Waals surface area contributed by atoms with Crippen molar-refractivity contribution in [3.05, 3.63) is 54.1 Å². The zero-order chi connectivity index (χ0) is 18.4. The number of fused-ring (bicyclic) bond motifs is 1. The van der Waals surface area contributed by atoms with Crippen LogP contribution in [0.4, 0.5) is 5.69 Å². The van der Waals surface area contributed by atoms with Crippen LogP contribution in [-0.2, 0) is 14.3 Å². The molecule has 6 nitrogen and oxygen atoms in total. The number of aryl methyl sites for hydroxylation is 1. The molecule has 6 heteroatoms. The van der Waals surface area contributed by atoms with Crippen LogP contribution in [-0.4, -0.2) is 38.2 Å². The lowest BCUT2D eigenvalue weighted by molar-refractivity contribution is -0.143. The maximum absolute atomic E-state index is 12.3. The number of hydrogen-bond donors (Lipinski definition) is 0. The SMILES string of the molecule is Cc1ccc(OCCOC(=O)CN2C(=O)CCOc3ccccc32)cc1. The lowest BCUT2D eigenvalue weighted by Gasteiger charge is -2.20. The molecule has 0 unspecified atom stereocenters. The van der Waals surface area contributed by atoms with Crippen molar-refractivity contribution >= 4 is 17.6 Å². The van der Waals surface area contributed by atoms with E-state index < -0.39 is 5.97 Å². The molecule has 0 N–H and O–H groups in total. The topological polar surface area (TPSA) is 65.1 Å². The second kappa shape index (κ2) is 8.38. The number of nitrogens with zero attached hydrogens (tertiary/aromatic N) is 1. The Morgan fingerprint density at radius 1 is 1.12 bits per heavy atom. The molecule has 0 aliphatic carbocycles. The van der Waals surface area contributed by atoms with Crippen LogP contribution in [0.25, 0.3) is 0 Å². The fourth-order valence-corrected chi connectivity index (χ4v) is 2.62. The summed E-state index contributed by atoms with van der Waals surface area (Å²) in [4.78, 5) is 25.8. The number of benzene rings is 2. The van der Waals surface area contributed by atoms with E-state index in [1.54, 1.807) is 18.2 Å². The largest absolute Gasteiger partial charge is 0.491 e. The van der Waals surface area contributed by atoms with Gasteiger partial charge < -0.3 is 14.2 Å². The first-order valence-corrected chi connectivity index (χ1v) is 8.51. The summed E-state index contributed by atoms with van der Waals surface area (Å²) in [6.45, 7) is 2.52. The molecular weight excluding hydrogens is 334 g/mol. The third-order valence-corrected chi connectivity index (χ3v) is 3.95. The zero-order valence-electron chi connectivity index (χ0n) is 14.6. The molecule has 1 amide bonds. The first kappa shape index (κ1) is 17.8. The van der Waals surface area contributed by atoms with E-state index >= 15 is 0 Å². The predicted octanol–water partition coefficient (Wildman–Crippen LogP) is 2.73. The Hall–Kier alpha value is -3.02. The lowest BCUT2D eigenvalue weighted by atomic mass is 10.2. The summed E-state index contributed by atoms with van der Waals surface area (Å²) < 4.78 is 16.3. The molecule has 1 heterocycles. The number of amides is 1. The van der Waals surface area contributed by atoms with Gasteiger partial charge in [0.05, 0.1) is 18.7 Å². The van der Waals surface area contributed by atoms with Gasteiger partial charge in [0.15, 0.2) is 0 Å². The van der Waals surface area contributed by atoms with Gasteiger partial charge in [-0.1, -0.05) is 29.8 Å². The van der Waals surface area contributed by atoms with E-state index in [4.69, 9.17) is 14.2 Å². The Labute approximate surface area is 152 Å². The summed E-state index contributed by atoms with van der Waals surface area (Å²) in [5, 5.41) is 0. The van der Waals surface area contributed by atoms with Crippen LogP contribution in [0.2, 0.25) is 0 Å². The molecule has 0 spiro atoms. The van der Waals surface area contributed by atoms with Gasteiger partial charge in [0, 0.05) is 0 Å². The average molecular weight is 355 g/mol. The first-order chi connectivity index (χ1) is 12.6. The number of carbonyl (C=O) groups excluding carboxylic acids is 2. The summed E-state index contributed by atoms with van der Waals surface area (Å²) in [5.41, 5.74) is 1.73. The second-order valence-electron chi connectivity index (χ2n) is 5.93. The molecule has 0 atom stereocenters. The highest BCUT2D eigenvalue weighted by Crippen LogP contribution is 2.30. The van der Waals surface area contributed by atoms with Crippen molar-refractivity contribution in [1.29, 1.82) is 0 Å². The molecule has 1 aliphatic heterocycles. The van der Waals surface area contributed by atoms with E-state index in [9.17, 15) is 9.59 Å². The summed E-state index contributed by atoms with van der Waals surface area (Å²) in [6, 6.07) is 14.8. The van der Waals surface area contributed by atoms with Crippen molar-refractivity contribution in [3.63, 3.8) is 0 Å². The van der Waals surface area contributed by atoms with Crippen molar-refractivity contribution in [1.82, 2.24) is 0 Å². The summed E-state index contributed by atoms with van der Waals surface area (Å²) in [5.74, 6) is 0.666. The van der Waals surface area contributed by atoms with Gasteiger partial charge in [0.2, 0.25) is 5.91 Å². The molecule has 0 bridgehead atoms. The van der Waals surface area contributed by atoms with Crippen molar-refractivity contribution in [2.24, 2.45) is 0 Å². The van der Waals surface area contributed by atoms with Gasteiger partial charge in [0.25, 0.3) is 0 Å². The van der Waals surface area contributed by atoms with Crippen LogP contribution in [0.5, 0.6) is 11.5 Å².